The van der Waals surface area contributed by atoms with Gasteiger partial charge >= 0.3 is 12.1 Å². The fourth-order valence-corrected chi connectivity index (χ4v) is 8.00. The summed E-state index contributed by atoms with van der Waals surface area (Å²) < 4.78 is 32.9. The van der Waals surface area contributed by atoms with E-state index in [9.17, 15) is 27.6 Å². The topological polar surface area (TPSA) is 176 Å². The molecule has 6 rings (SSSR count). The normalized spacial score (nSPS) is 23.8. The molecule has 14 nitrogen and oxygen atoms in total. The van der Waals surface area contributed by atoms with Crippen molar-refractivity contribution in [2.45, 2.75) is 101 Å². The van der Waals surface area contributed by atoms with Gasteiger partial charge in [-0.1, -0.05) is 66.7 Å². The van der Waals surface area contributed by atoms with Crippen molar-refractivity contribution in [2.24, 2.45) is 11.1 Å². The van der Waals surface area contributed by atoms with E-state index in [4.69, 9.17) is 9.57 Å². The Morgan fingerprint density at radius 2 is 1.65 bits per heavy atom. The number of benzene rings is 2. The Balaban J connectivity index is 1.28. The molecule has 278 valence electrons. The highest BCUT2D eigenvalue weighted by atomic mass is 32.2. The van der Waals surface area contributed by atoms with Crippen molar-refractivity contribution in [3.8, 4) is 11.1 Å². The van der Waals surface area contributed by atoms with Crippen LogP contribution in [0.2, 0.25) is 0 Å². The van der Waals surface area contributed by atoms with Crippen molar-refractivity contribution < 1.29 is 37.2 Å². The molecule has 2 aromatic rings. The van der Waals surface area contributed by atoms with Gasteiger partial charge in [-0.2, -0.15) is 0 Å². The van der Waals surface area contributed by atoms with Gasteiger partial charge in [-0.05, 0) is 64.5 Å². The second-order valence-corrected chi connectivity index (χ2v) is 16.8. The maximum atomic E-state index is 14.3. The number of nitrogens with zero attached hydrogens (tertiary/aromatic N) is 3. The molecule has 1 saturated heterocycles. The number of nitrogens with one attached hydrogen (secondary N) is 3. The summed E-state index contributed by atoms with van der Waals surface area (Å²) in [5, 5.41) is 7.82. The molecule has 4 aliphatic rings. The van der Waals surface area contributed by atoms with Gasteiger partial charge in [0.25, 0.3) is 5.91 Å². The number of carbonyl (C=O) groups excluding carboxylic acids is 4. The third-order valence-corrected chi connectivity index (χ3v) is 11.7. The fourth-order valence-electron chi connectivity index (χ4n) is 6.64. The molecular formula is C37H46N6O8S. The Kier molecular flexibility index (Phi) is 9.85. The minimum Gasteiger partial charge on any atom is -0.443 e. The predicted molar refractivity (Wildman–Crippen MR) is 193 cm³/mol. The number of hydrogen-bond acceptors (Lipinski definition) is 9. The smallest absolute Gasteiger partial charge is 0.426 e. The number of amides is 5. The first kappa shape index (κ1) is 36.9. The van der Waals surface area contributed by atoms with E-state index < -0.39 is 74.5 Å². The zero-order valence-corrected chi connectivity index (χ0v) is 30.9. The van der Waals surface area contributed by atoms with E-state index >= 15 is 0 Å². The summed E-state index contributed by atoms with van der Waals surface area (Å²) in [6.45, 7) is 12.4. The lowest BCUT2D eigenvalue weighted by atomic mass is 10.1. The van der Waals surface area contributed by atoms with Crippen molar-refractivity contribution in [2.75, 3.05) is 6.54 Å². The van der Waals surface area contributed by atoms with E-state index in [1.165, 1.54) is 11.0 Å². The highest BCUT2D eigenvalue weighted by Gasteiger charge is 2.62. The lowest BCUT2D eigenvalue weighted by Gasteiger charge is -2.35. The minimum absolute atomic E-state index is 0.00470. The van der Waals surface area contributed by atoms with Crippen molar-refractivity contribution in [1.82, 2.24) is 25.4 Å². The van der Waals surface area contributed by atoms with Crippen LogP contribution >= 0.6 is 0 Å². The second-order valence-electron chi connectivity index (χ2n) is 14.9. The number of hydrogen-bond donors (Lipinski definition) is 3. The summed E-state index contributed by atoms with van der Waals surface area (Å²) in [5.74, 6) is -2.06. The quantitative estimate of drug-likeness (QED) is 0.205. The monoisotopic (exact) mass is 734 g/mol. The molecule has 0 aromatic heterocycles. The summed E-state index contributed by atoms with van der Waals surface area (Å²) in [4.78, 5) is 62.3. The Morgan fingerprint density at radius 3 is 2.17 bits per heavy atom. The molecule has 0 spiro atoms. The second kappa shape index (κ2) is 13.9. The van der Waals surface area contributed by atoms with Gasteiger partial charge in [0.2, 0.25) is 15.9 Å². The van der Waals surface area contributed by atoms with Gasteiger partial charge in [-0.3, -0.25) is 14.3 Å². The SMILES string of the molecule is C=C[C@@H]1CC1(NC(=O)[C@@H]1CC(ON=C2c3ccccc3-c3ccccc32)CN1C(=O)N(NC(=O)OC(C)(C)C)C(C)CC)C(=O)NS(=O)(=O)C1CC1. The summed E-state index contributed by atoms with van der Waals surface area (Å²) in [7, 11) is -3.90. The van der Waals surface area contributed by atoms with Crippen molar-refractivity contribution in [1.29, 1.82) is 0 Å². The Hall–Kier alpha value is -4.92. The Morgan fingerprint density at radius 1 is 1.06 bits per heavy atom. The molecule has 2 saturated carbocycles. The van der Waals surface area contributed by atoms with Crippen LogP contribution in [0, 0.1) is 5.92 Å². The molecule has 3 unspecified atom stereocenters. The highest BCUT2D eigenvalue weighted by Crippen LogP contribution is 2.45. The average Bonchev–Trinajstić information content (AvgIpc) is 4.01. The Labute approximate surface area is 304 Å². The number of oxime groups is 1. The van der Waals surface area contributed by atoms with Crippen molar-refractivity contribution >= 4 is 39.7 Å². The minimum atomic E-state index is -3.90. The van der Waals surface area contributed by atoms with Crippen molar-refractivity contribution in [3.05, 3.63) is 72.3 Å². The summed E-state index contributed by atoms with van der Waals surface area (Å²) in [6, 6.07) is 13.2. The molecule has 5 atom stereocenters. The van der Waals surface area contributed by atoms with Gasteiger partial charge in [-0.25, -0.2) is 28.4 Å². The molecule has 3 aliphatic carbocycles. The molecule has 3 N–H and O–H groups in total. The van der Waals surface area contributed by atoms with Crippen LogP contribution in [-0.4, -0.2) is 89.1 Å². The number of ether oxygens (including phenoxy) is 1. The van der Waals surface area contributed by atoms with E-state index in [1.54, 1.807) is 27.7 Å². The van der Waals surface area contributed by atoms with Gasteiger partial charge in [0.1, 0.15) is 29.0 Å². The number of urea groups is 1. The van der Waals surface area contributed by atoms with Gasteiger partial charge in [0.15, 0.2) is 0 Å². The fraction of sp³-hybridized carbons (Fsp3) is 0.486. The summed E-state index contributed by atoms with van der Waals surface area (Å²) in [6.07, 6.45) is 1.39. The Bertz CT molecular complexity index is 1870. The van der Waals surface area contributed by atoms with E-state index in [0.717, 1.165) is 27.3 Å². The number of carbonyl (C=O) groups is 4. The van der Waals surface area contributed by atoms with Crippen LogP contribution in [0.3, 0.4) is 0 Å². The third kappa shape index (κ3) is 7.36. The van der Waals surface area contributed by atoms with E-state index in [-0.39, 0.29) is 19.4 Å². The van der Waals surface area contributed by atoms with Gasteiger partial charge in [-0.15, -0.1) is 6.58 Å². The number of rotatable bonds is 10. The summed E-state index contributed by atoms with van der Waals surface area (Å²) in [5.41, 5.74) is 4.54. The molecule has 0 radical (unpaired) electrons. The van der Waals surface area contributed by atoms with Crippen LogP contribution in [-0.2, 0) is 29.2 Å². The third-order valence-electron chi connectivity index (χ3n) is 9.86. The van der Waals surface area contributed by atoms with Crippen LogP contribution in [0.25, 0.3) is 11.1 Å². The highest BCUT2D eigenvalue weighted by molar-refractivity contribution is 7.91. The standard InChI is InChI=1S/C37H46N6O8S/c1-7-22(3)43(39-34(46)50-36(4,5)6)35(47)42-21-24(51-40-31-28-15-11-9-13-26(28)27-14-10-12-16-29(27)31)19-30(42)32(44)38-37(20-23(37)8-2)33(45)41-52(48,49)25-17-18-25/h8-16,22-25,30H,2,7,17-21H2,1,3-6H3,(H,38,44)(H,39,46)(H,41,45)/t22?,23-,24?,30+,37?/m1/s1. The van der Waals surface area contributed by atoms with Crippen molar-refractivity contribution in [3.63, 3.8) is 0 Å². The van der Waals surface area contributed by atoms with Gasteiger partial charge < -0.3 is 19.8 Å². The zero-order valence-electron chi connectivity index (χ0n) is 30.0. The number of hydrazine groups is 1. The number of sulfonamides is 1. The molecule has 15 heteroatoms. The molecule has 52 heavy (non-hydrogen) atoms. The number of fused-ring (bicyclic) bond motifs is 3. The zero-order chi connectivity index (χ0) is 37.6. The van der Waals surface area contributed by atoms with E-state index in [2.05, 4.69) is 27.2 Å². The van der Waals surface area contributed by atoms with Gasteiger partial charge in [0.05, 0.1) is 17.8 Å². The maximum Gasteiger partial charge on any atom is 0.426 e. The lowest BCUT2D eigenvalue weighted by molar-refractivity contribution is -0.131. The average molecular weight is 735 g/mol. The molecule has 0 bridgehead atoms. The number of likely N-dealkylation sites (tertiary alicyclic amines) is 1. The molecule has 2 aromatic carbocycles. The van der Waals surface area contributed by atoms with Crippen LogP contribution in [0.5, 0.6) is 0 Å². The first-order valence-electron chi connectivity index (χ1n) is 17.6. The maximum absolute atomic E-state index is 14.3. The van der Waals surface area contributed by atoms with E-state index in [1.807, 2.05) is 55.5 Å². The van der Waals surface area contributed by atoms with Crippen LogP contribution < -0.4 is 15.5 Å². The largest absolute Gasteiger partial charge is 0.443 e. The molecule has 5 amide bonds. The first-order chi connectivity index (χ1) is 24.6. The van der Waals surface area contributed by atoms with Crippen LogP contribution in [0.15, 0.2) is 66.3 Å². The van der Waals surface area contributed by atoms with Crippen LogP contribution in [0.4, 0.5) is 9.59 Å². The molecule has 1 aliphatic heterocycles. The lowest BCUT2D eigenvalue weighted by Crippen LogP contribution is -2.60. The molecule has 1 heterocycles. The predicted octanol–water partition coefficient (Wildman–Crippen LogP) is 4.21. The van der Waals surface area contributed by atoms with E-state index in [0.29, 0.717) is 25.0 Å². The summed E-state index contributed by atoms with van der Waals surface area (Å²) >= 11 is 0. The first-order valence-corrected chi connectivity index (χ1v) is 19.2. The van der Waals surface area contributed by atoms with Gasteiger partial charge in [0, 0.05) is 23.5 Å². The molecule has 3 fully saturated rings. The molecular weight excluding hydrogens is 689 g/mol. The van der Waals surface area contributed by atoms with Crippen LogP contribution in [0.1, 0.15) is 77.8 Å².